The molecule has 0 heterocycles. The third-order valence-electron chi connectivity index (χ3n) is 8.39. The maximum absolute atomic E-state index is 14.0. The molecule has 1 atom stereocenters. The Morgan fingerprint density at radius 3 is 1.69 bits per heavy atom. The summed E-state index contributed by atoms with van der Waals surface area (Å²) in [4.78, 5) is 36.7. The lowest BCUT2D eigenvalue weighted by molar-refractivity contribution is -0.160. The summed E-state index contributed by atoms with van der Waals surface area (Å²) in [5, 5.41) is 18.4. The fraction of sp³-hybridized carbons (Fsp3) is 0.615. The van der Waals surface area contributed by atoms with E-state index < -0.39 is 42.7 Å². The Labute approximate surface area is 291 Å². The zero-order valence-electron chi connectivity index (χ0n) is 29.5. The molecule has 1 unspecified atom stereocenters. The van der Waals surface area contributed by atoms with Crippen LogP contribution in [0.2, 0.25) is 0 Å². The molecule has 2 aromatic rings. The van der Waals surface area contributed by atoms with Crippen LogP contribution in [-0.2, 0) is 14.3 Å². The monoisotopic (exact) mass is 688 g/mol. The summed E-state index contributed by atoms with van der Waals surface area (Å²) in [5.41, 5.74) is -0.600. The Bertz CT molecular complexity index is 1200. The van der Waals surface area contributed by atoms with Crippen LogP contribution in [0, 0.1) is 5.41 Å². The molecule has 2 N–H and O–H groups in total. The highest BCUT2D eigenvalue weighted by molar-refractivity contribution is 5.92. The fourth-order valence-electron chi connectivity index (χ4n) is 4.96. The molecule has 10 heteroatoms. The van der Waals surface area contributed by atoms with Crippen LogP contribution < -0.4 is 9.47 Å². The molecule has 274 valence electrons. The van der Waals surface area contributed by atoms with E-state index in [9.17, 15) is 29.0 Å². The predicted molar refractivity (Wildman–Crippen MR) is 187 cm³/mol. The highest BCUT2D eigenvalue weighted by atomic mass is 19.1. The maximum Gasteiger partial charge on any atom is 0.343 e. The second kappa shape index (κ2) is 24.6. The van der Waals surface area contributed by atoms with Crippen LogP contribution in [0.4, 0.5) is 4.39 Å². The van der Waals surface area contributed by atoms with Crippen LogP contribution in [0.1, 0.15) is 131 Å². The second-order valence-electron chi connectivity index (χ2n) is 12.9. The van der Waals surface area contributed by atoms with E-state index in [4.69, 9.17) is 18.9 Å². The Hall–Kier alpha value is -3.50. The van der Waals surface area contributed by atoms with Gasteiger partial charge < -0.3 is 29.2 Å². The average molecular weight is 689 g/mol. The lowest BCUT2D eigenvalue weighted by Crippen LogP contribution is -2.37. The van der Waals surface area contributed by atoms with Crippen molar-refractivity contribution in [2.45, 2.75) is 116 Å². The zero-order chi connectivity index (χ0) is 35.7. The highest BCUT2D eigenvalue weighted by Gasteiger charge is 2.33. The minimum Gasteiger partial charge on any atom is -0.494 e. The topological polar surface area (TPSA) is 129 Å². The summed E-state index contributed by atoms with van der Waals surface area (Å²) in [6, 6.07) is 12.8. The van der Waals surface area contributed by atoms with Gasteiger partial charge in [-0.2, -0.15) is 0 Å². The van der Waals surface area contributed by atoms with Crippen molar-refractivity contribution < 1.29 is 47.9 Å². The van der Waals surface area contributed by atoms with E-state index in [1.54, 1.807) is 24.3 Å². The maximum atomic E-state index is 14.0. The molecule has 0 saturated carbocycles. The number of rotatable bonds is 27. The molecule has 0 fully saturated rings. The smallest absolute Gasteiger partial charge is 0.343 e. The van der Waals surface area contributed by atoms with Gasteiger partial charge in [-0.3, -0.25) is 4.79 Å². The Kier molecular flexibility index (Phi) is 20.9. The third-order valence-corrected chi connectivity index (χ3v) is 8.39. The van der Waals surface area contributed by atoms with E-state index in [-0.39, 0.29) is 17.9 Å². The quantitative estimate of drug-likeness (QED) is 0.0542. The van der Waals surface area contributed by atoms with Crippen molar-refractivity contribution in [2.24, 2.45) is 5.41 Å². The van der Waals surface area contributed by atoms with E-state index in [2.05, 4.69) is 6.92 Å². The zero-order valence-corrected chi connectivity index (χ0v) is 29.5. The van der Waals surface area contributed by atoms with E-state index >= 15 is 0 Å². The van der Waals surface area contributed by atoms with Gasteiger partial charge in [0.15, 0.2) is 0 Å². The van der Waals surface area contributed by atoms with Gasteiger partial charge in [-0.15, -0.1) is 0 Å². The molecule has 2 aromatic carbocycles. The van der Waals surface area contributed by atoms with Gasteiger partial charge in [0.05, 0.1) is 37.6 Å². The molecule has 0 bridgehead atoms. The summed E-state index contributed by atoms with van der Waals surface area (Å²) in [6.45, 7) is 3.36. The molecule has 0 aliphatic heterocycles. The van der Waals surface area contributed by atoms with Gasteiger partial charge in [0, 0.05) is 0 Å². The van der Waals surface area contributed by atoms with Gasteiger partial charge in [-0.1, -0.05) is 84.0 Å². The van der Waals surface area contributed by atoms with Crippen LogP contribution in [0.5, 0.6) is 11.5 Å². The summed E-state index contributed by atoms with van der Waals surface area (Å²) in [5.74, 6) is -0.737. The van der Waals surface area contributed by atoms with E-state index in [1.807, 2.05) is 0 Å². The van der Waals surface area contributed by atoms with E-state index in [0.29, 0.717) is 30.9 Å². The van der Waals surface area contributed by atoms with Gasteiger partial charge in [-0.25, -0.2) is 14.0 Å². The fourth-order valence-corrected chi connectivity index (χ4v) is 4.96. The number of esters is 3. The number of aliphatic hydroxyl groups is 2. The first-order valence-corrected chi connectivity index (χ1v) is 18.0. The minimum atomic E-state index is -1.23. The third kappa shape index (κ3) is 17.1. The van der Waals surface area contributed by atoms with Crippen LogP contribution in [0.3, 0.4) is 0 Å². The molecule has 0 aromatic heterocycles. The lowest BCUT2D eigenvalue weighted by atomic mass is 9.93. The highest BCUT2D eigenvalue weighted by Crippen LogP contribution is 2.19. The minimum absolute atomic E-state index is 0.259. The van der Waals surface area contributed by atoms with Gasteiger partial charge in [0.1, 0.15) is 29.7 Å². The van der Waals surface area contributed by atoms with Gasteiger partial charge >= 0.3 is 17.9 Å². The first-order valence-electron chi connectivity index (χ1n) is 18.0. The van der Waals surface area contributed by atoms with Crippen molar-refractivity contribution in [2.75, 3.05) is 33.0 Å². The standard InChI is InChI=1S/C39H57FO9/c1-3-4-5-14-17-33(40)28-48-36(43)31-20-24-35(25-21-31)49-37(44)32-18-22-34(23-19-32)46-26-15-12-10-8-6-7-9-11-13-16-27-47-38(45)39(2,29-41)30-42/h18-25,33,41-42H,3-17,26-30H2,1-2H3. The number of hydrogen-bond donors (Lipinski definition) is 2. The average Bonchev–Trinajstić information content (AvgIpc) is 3.12. The van der Waals surface area contributed by atoms with E-state index in [0.717, 1.165) is 70.6 Å². The first kappa shape index (κ1) is 41.7. The molecule has 9 nitrogen and oxygen atoms in total. The SMILES string of the molecule is CCCCCCC(F)COC(=O)c1ccc(OC(=O)c2ccc(OCCCCCCCCCCCCOC(=O)C(C)(CO)CO)cc2)cc1. The van der Waals surface area contributed by atoms with Crippen molar-refractivity contribution in [1.29, 1.82) is 0 Å². The lowest BCUT2D eigenvalue weighted by Gasteiger charge is -2.22. The number of unbranched alkanes of at least 4 members (excludes halogenated alkanes) is 12. The summed E-state index contributed by atoms with van der Waals surface area (Å²) < 4.78 is 35.5. The van der Waals surface area contributed by atoms with Gasteiger partial charge in [0.25, 0.3) is 0 Å². The van der Waals surface area contributed by atoms with Gasteiger partial charge in [-0.05, 0) is 74.7 Å². The normalized spacial score (nSPS) is 11.9. The molecule has 0 saturated heterocycles. The molecule has 0 spiro atoms. The predicted octanol–water partition coefficient (Wildman–Crippen LogP) is 8.19. The van der Waals surface area contributed by atoms with Crippen molar-refractivity contribution >= 4 is 17.9 Å². The van der Waals surface area contributed by atoms with Crippen LogP contribution in [0.15, 0.2) is 48.5 Å². The molecule has 0 radical (unpaired) electrons. The number of benzene rings is 2. The van der Waals surface area contributed by atoms with E-state index in [1.165, 1.54) is 50.5 Å². The van der Waals surface area contributed by atoms with Crippen LogP contribution >= 0.6 is 0 Å². The molecular formula is C39H57FO9. The second-order valence-corrected chi connectivity index (χ2v) is 12.9. The Morgan fingerprint density at radius 1 is 0.653 bits per heavy atom. The molecule has 0 aliphatic carbocycles. The number of halogens is 1. The van der Waals surface area contributed by atoms with Crippen molar-refractivity contribution in [3.63, 3.8) is 0 Å². The van der Waals surface area contributed by atoms with Crippen LogP contribution in [-0.4, -0.2) is 67.3 Å². The number of ether oxygens (including phenoxy) is 4. The first-order chi connectivity index (χ1) is 23.7. The Balaban J connectivity index is 1.51. The summed E-state index contributed by atoms with van der Waals surface area (Å²) >= 11 is 0. The largest absolute Gasteiger partial charge is 0.494 e. The molecule has 0 aliphatic rings. The van der Waals surface area contributed by atoms with Gasteiger partial charge in [0.2, 0.25) is 0 Å². The molecule has 0 amide bonds. The van der Waals surface area contributed by atoms with Crippen LogP contribution in [0.25, 0.3) is 0 Å². The Morgan fingerprint density at radius 2 is 1.14 bits per heavy atom. The molecule has 49 heavy (non-hydrogen) atoms. The van der Waals surface area contributed by atoms with Crippen molar-refractivity contribution in [3.05, 3.63) is 59.7 Å². The van der Waals surface area contributed by atoms with Crippen molar-refractivity contribution in [1.82, 2.24) is 0 Å². The summed E-state index contributed by atoms with van der Waals surface area (Å²) in [7, 11) is 0. The summed E-state index contributed by atoms with van der Waals surface area (Å²) in [6.07, 6.45) is 13.9. The number of aliphatic hydroxyl groups excluding tert-OH is 2. The number of hydrogen-bond acceptors (Lipinski definition) is 9. The number of alkyl halides is 1. The number of carbonyl (C=O) groups excluding carboxylic acids is 3. The molecule has 2 rings (SSSR count). The number of carbonyl (C=O) groups is 3. The molecular weight excluding hydrogens is 631 g/mol. The van der Waals surface area contributed by atoms with Crippen molar-refractivity contribution in [3.8, 4) is 11.5 Å².